The largest absolute Gasteiger partial charge is 0.384 e. The molecule has 0 radical (unpaired) electrons. The maximum Gasteiger partial charge on any atom is 0.223 e. The van der Waals surface area contributed by atoms with Crippen LogP contribution in [-0.2, 0) is 19.1 Å². The number of rotatable bonds is 19. The zero-order valence-electron chi connectivity index (χ0n) is 31.8. The second-order valence-corrected chi connectivity index (χ2v) is 14.3. The molecule has 2 aromatic carbocycles. The van der Waals surface area contributed by atoms with E-state index in [0.717, 1.165) is 41.5 Å². The molecular weight excluding hydrogens is 699 g/mol. The predicted octanol–water partition coefficient (Wildman–Crippen LogP) is 9.53. The molecule has 4 aromatic rings. The normalized spacial score (nSPS) is 13.8. The van der Waals surface area contributed by atoms with Crippen LogP contribution in [0.2, 0.25) is 10.3 Å². The van der Waals surface area contributed by atoms with E-state index in [9.17, 15) is 9.59 Å². The van der Waals surface area contributed by atoms with E-state index in [1.807, 2.05) is 86.0 Å². The highest BCUT2D eigenvalue weighted by Gasteiger charge is 2.30. The number of amides is 2. The van der Waals surface area contributed by atoms with Gasteiger partial charge in [-0.25, -0.2) is 9.97 Å². The van der Waals surface area contributed by atoms with E-state index in [0.29, 0.717) is 65.9 Å². The van der Waals surface area contributed by atoms with Gasteiger partial charge in [-0.15, -0.1) is 0 Å². The number of carbonyl (C=O) groups is 2. The molecule has 12 heteroatoms. The van der Waals surface area contributed by atoms with Crippen LogP contribution in [-0.4, -0.2) is 81.6 Å². The van der Waals surface area contributed by atoms with Gasteiger partial charge in [0.1, 0.15) is 33.3 Å². The van der Waals surface area contributed by atoms with Crippen molar-refractivity contribution in [3.05, 3.63) is 70.5 Å². The molecule has 2 amide bonds. The molecule has 2 heterocycles. The molecule has 0 bridgehead atoms. The molecule has 0 aliphatic carbocycles. The summed E-state index contributed by atoms with van der Waals surface area (Å²) >= 11 is 13.4. The number of carbonyl (C=O) groups excluding carboxylic acids is 2. The molecule has 282 valence electrons. The van der Waals surface area contributed by atoms with E-state index in [2.05, 4.69) is 23.8 Å². The number of aromatic amines is 2. The van der Waals surface area contributed by atoms with Crippen molar-refractivity contribution < 1.29 is 19.1 Å². The molecule has 10 nitrogen and oxygen atoms in total. The van der Waals surface area contributed by atoms with Gasteiger partial charge in [-0.1, -0.05) is 99.4 Å². The number of aromatic nitrogens is 4. The Labute approximate surface area is 318 Å². The van der Waals surface area contributed by atoms with Crippen molar-refractivity contribution in [2.24, 2.45) is 5.92 Å². The Kier molecular flexibility index (Phi) is 15.3. The lowest BCUT2D eigenvalue weighted by Crippen LogP contribution is -2.44. The summed E-state index contributed by atoms with van der Waals surface area (Å²) in [7, 11) is 3.33. The second-order valence-electron chi connectivity index (χ2n) is 13.5. The Bertz CT molecular complexity index is 1740. The third-order valence-corrected chi connectivity index (χ3v) is 9.95. The summed E-state index contributed by atoms with van der Waals surface area (Å²) in [6, 6.07) is 15.5. The van der Waals surface area contributed by atoms with E-state index in [4.69, 9.17) is 42.6 Å². The predicted molar refractivity (Wildman–Crippen MR) is 209 cm³/mol. The number of H-pyrrole nitrogens is 2. The molecule has 2 N–H and O–H groups in total. The van der Waals surface area contributed by atoms with Gasteiger partial charge in [-0.3, -0.25) is 9.59 Å². The van der Waals surface area contributed by atoms with Crippen LogP contribution in [0, 0.1) is 5.92 Å². The van der Waals surface area contributed by atoms with Crippen LogP contribution in [0.5, 0.6) is 0 Å². The molecule has 4 atom stereocenters. The summed E-state index contributed by atoms with van der Waals surface area (Å²) in [5.41, 5.74) is 5.05. The average Bonchev–Trinajstić information content (AvgIpc) is 3.72. The molecule has 4 unspecified atom stereocenters. The minimum Gasteiger partial charge on any atom is -0.384 e. The number of benzene rings is 2. The SMILES string of the molecule is CCCC(=O)N(CC(C)COC)C(C)c1nc(-c2ccc(-c3ccc(-c4nc(C(C)N(C(=O)CCC)C(CC)COC)[nH]c4Cl)cc3)cc2)c(Cl)[nH]1. The summed E-state index contributed by atoms with van der Waals surface area (Å²) in [4.78, 5) is 46.2. The van der Waals surface area contributed by atoms with Crippen molar-refractivity contribution in [3.8, 4) is 33.6 Å². The van der Waals surface area contributed by atoms with Crippen molar-refractivity contribution in [1.29, 1.82) is 0 Å². The quantitative estimate of drug-likeness (QED) is 0.0986. The number of hydrogen-bond acceptors (Lipinski definition) is 6. The minimum atomic E-state index is -0.308. The molecule has 4 rings (SSSR count). The fraction of sp³-hybridized carbons (Fsp3) is 0.500. The van der Waals surface area contributed by atoms with Gasteiger partial charge in [0.15, 0.2) is 0 Å². The van der Waals surface area contributed by atoms with Crippen LogP contribution >= 0.6 is 23.2 Å². The van der Waals surface area contributed by atoms with Gasteiger partial charge < -0.3 is 29.2 Å². The Morgan fingerprint density at radius 1 is 0.692 bits per heavy atom. The molecular formula is C40H54Cl2N6O4. The molecule has 0 saturated heterocycles. The van der Waals surface area contributed by atoms with Crippen molar-refractivity contribution in [2.45, 2.75) is 91.8 Å². The lowest BCUT2D eigenvalue weighted by atomic mass is 10.0. The van der Waals surface area contributed by atoms with Gasteiger partial charge in [0.2, 0.25) is 11.8 Å². The smallest absolute Gasteiger partial charge is 0.223 e. The van der Waals surface area contributed by atoms with E-state index in [-0.39, 0.29) is 35.9 Å². The second kappa shape index (κ2) is 19.4. The first-order chi connectivity index (χ1) is 25.0. The van der Waals surface area contributed by atoms with E-state index < -0.39 is 0 Å². The zero-order valence-corrected chi connectivity index (χ0v) is 33.3. The Hall–Kier alpha value is -3.70. The fourth-order valence-electron chi connectivity index (χ4n) is 6.61. The molecule has 0 spiro atoms. The number of methoxy groups -OCH3 is 2. The Balaban J connectivity index is 1.52. The van der Waals surface area contributed by atoms with E-state index in [1.54, 1.807) is 14.2 Å². The van der Waals surface area contributed by atoms with Crippen molar-refractivity contribution >= 4 is 35.0 Å². The third-order valence-electron chi connectivity index (χ3n) is 9.40. The lowest BCUT2D eigenvalue weighted by molar-refractivity contribution is -0.138. The lowest BCUT2D eigenvalue weighted by Gasteiger charge is -2.35. The van der Waals surface area contributed by atoms with Gasteiger partial charge in [0.05, 0.1) is 31.3 Å². The first kappa shape index (κ1) is 41.1. The molecule has 0 fully saturated rings. The van der Waals surface area contributed by atoms with Gasteiger partial charge in [0, 0.05) is 44.7 Å². The standard InChI is InChI=1S/C40H54Cl2N6O4/c1-9-12-33(49)47(22-25(4)23-51-7)26(5)39-43-35(37(41)45-39)30-18-14-28(15-19-30)29-16-20-31(21-17-29)36-38(42)46-40(44-36)27(6)48(34(50)13-10-2)32(11-3)24-52-8/h14-21,25-27,32H,9-13,22-24H2,1-8H3,(H,43,45)(H,44,46). The maximum absolute atomic E-state index is 13.2. The zero-order chi connectivity index (χ0) is 37.9. The highest BCUT2D eigenvalue weighted by molar-refractivity contribution is 6.32. The maximum atomic E-state index is 13.2. The number of ether oxygens (including phenoxy) is 2. The third kappa shape index (κ3) is 9.83. The average molecular weight is 754 g/mol. The number of hydrogen-bond donors (Lipinski definition) is 2. The summed E-state index contributed by atoms with van der Waals surface area (Å²) in [5, 5.41) is 0.853. The minimum absolute atomic E-state index is 0.0709. The van der Waals surface area contributed by atoms with Crippen LogP contribution < -0.4 is 0 Å². The number of imidazole rings is 2. The van der Waals surface area contributed by atoms with Gasteiger partial charge in [-0.2, -0.15) is 0 Å². The van der Waals surface area contributed by atoms with Crippen LogP contribution in [0.3, 0.4) is 0 Å². The highest BCUT2D eigenvalue weighted by atomic mass is 35.5. The molecule has 0 aliphatic heterocycles. The summed E-state index contributed by atoms with van der Waals surface area (Å²) in [6.07, 6.45) is 3.23. The number of nitrogens with one attached hydrogen (secondary N) is 2. The van der Waals surface area contributed by atoms with Crippen LogP contribution in [0.25, 0.3) is 33.6 Å². The molecule has 0 saturated carbocycles. The highest BCUT2D eigenvalue weighted by Crippen LogP contribution is 2.34. The summed E-state index contributed by atoms with van der Waals surface area (Å²) < 4.78 is 10.8. The molecule has 0 aliphatic rings. The van der Waals surface area contributed by atoms with Gasteiger partial charge in [-0.05, 0) is 50.2 Å². The Morgan fingerprint density at radius 2 is 1.13 bits per heavy atom. The fourth-order valence-corrected chi connectivity index (χ4v) is 7.11. The summed E-state index contributed by atoms with van der Waals surface area (Å²) in [5.74, 6) is 1.61. The number of nitrogens with zero attached hydrogens (tertiary/aromatic N) is 4. The van der Waals surface area contributed by atoms with E-state index >= 15 is 0 Å². The van der Waals surface area contributed by atoms with Crippen LogP contribution in [0.15, 0.2) is 48.5 Å². The molecule has 2 aromatic heterocycles. The number of halogens is 2. The molecule has 52 heavy (non-hydrogen) atoms. The first-order valence-electron chi connectivity index (χ1n) is 18.3. The van der Waals surface area contributed by atoms with Crippen molar-refractivity contribution in [3.63, 3.8) is 0 Å². The van der Waals surface area contributed by atoms with Crippen LogP contribution in [0.4, 0.5) is 0 Å². The van der Waals surface area contributed by atoms with Gasteiger partial charge >= 0.3 is 0 Å². The van der Waals surface area contributed by atoms with Crippen molar-refractivity contribution in [1.82, 2.24) is 29.7 Å². The topological polar surface area (TPSA) is 116 Å². The van der Waals surface area contributed by atoms with Gasteiger partial charge in [0.25, 0.3) is 0 Å². The summed E-state index contributed by atoms with van der Waals surface area (Å²) in [6.45, 7) is 13.7. The monoisotopic (exact) mass is 752 g/mol. The van der Waals surface area contributed by atoms with E-state index in [1.165, 1.54) is 0 Å². The first-order valence-corrected chi connectivity index (χ1v) is 19.0. The Morgan fingerprint density at radius 3 is 1.58 bits per heavy atom. The van der Waals surface area contributed by atoms with Crippen LogP contribution in [0.1, 0.15) is 97.4 Å². The van der Waals surface area contributed by atoms with Crippen molar-refractivity contribution in [2.75, 3.05) is 34.0 Å².